The van der Waals surface area contributed by atoms with Gasteiger partial charge in [-0.05, 0) is 68.7 Å². The summed E-state index contributed by atoms with van der Waals surface area (Å²) in [6.07, 6.45) is 2.04. The Kier molecular flexibility index (Phi) is 7.84. The molecule has 1 unspecified atom stereocenters. The molecule has 162 valence electrons. The Bertz CT molecular complexity index is 861. The third kappa shape index (κ3) is 6.04. The van der Waals surface area contributed by atoms with Crippen LogP contribution in [0.4, 0.5) is 0 Å². The fourth-order valence-corrected chi connectivity index (χ4v) is 4.26. The van der Waals surface area contributed by atoms with E-state index in [0.29, 0.717) is 24.8 Å². The van der Waals surface area contributed by atoms with Gasteiger partial charge in [-0.15, -0.1) is 11.3 Å². The quantitative estimate of drug-likeness (QED) is 0.589. The zero-order valence-electron chi connectivity index (χ0n) is 17.3. The first-order chi connectivity index (χ1) is 14.5. The van der Waals surface area contributed by atoms with Gasteiger partial charge < -0.3 is 19.5 Å². The maximum atomic E-state index is 13.0. The van der Waals surface area contributed by atoms with Crippen molar-refractivity contribution in [1.82, 2.24) is 10.2 Å². The number of hydrogen-bond acceptors (Lipinski definition) is 7. The van der Waals surface area contributed by atoms with Crippen molar-refractivity contribution in [2.45, 2.75) is 25.4 Å². The molecular formula is C22H28N2O5S. The number of aromatic carboxylic acids is 1. The standard InChI is InChI=1S/C22H28N2O5S/c1-24-10-8-15(9-11-24)14-29-22(27)20(16-4-3-5-17(12-16)28-2)23-13-18-6-7-19(30-18)21(25)26/h3-7,12,15,20,23H,8-11,13-14H2,1-2H3,(H,25,26). The van der Waals surface area contributed by atoms with Crippen molar-refractivity contribution in [2.75, 3.05) is 33.9 Å². The van der Waals surface area contributed by atoms with E-state index in [4.69, 9.17) is 14.6 Å². The number of nitrogens with one attached hydrogen (secondary N) is 1. The van der Waals surface area contributed by atoms with Gasteiger partial charge in [0.15, 0.2) is 0 Å². The lowest BCUT2D eigenvalue weighted by Gasteiger charge is -2.29. The lowest BCUT2D eigenvalue weighted by molar-refractivity contribution is -0.148. The van der Waals surface area contributed by atoms with E-state index < -0.39 is 12.0 Å². The minimum absolute atomic E-state index is 0.273. The third-order valence-electron chi connectivity index (χ3n) is 5.32. The van der Waals surface area contributed by atoms with Crippen molar-refractivity contribution in [3.8, 4) is 5.75 Å². The SMILES string of the molecule is COc1cccc(C(NCc2ccc(C(=O)O)s2)C(=O)OCC2CCN(C)CC2)c1. The summed E-state index contributed by atoms with van der Waals surface area (Å²) < 4.78 is 11.0. The van der Waals surface area contributed by atoms with Gasteiger partial charge in [-0.25, -0.2) is 9.59 Å². The molecule has 0 amide bonds. The highest BCUT2D eigenvalue weighted by Gasteiger charge is 2.25. The number of hydrogen-bond donors (Lipinski definition) is 2. The average Bonchev–Trinajstić information content (AvgIpc) is 3.23. The molecule has 0 aliphatic carbocycles. The summed E-state index contributed by atoms with van der Waals surface area (Å²) in [5.41, 5.74) is 0.748. The number of esters is 1. The number of thiophene rings is 1. The van der Waals surface area contributed by atoms with Gasteiger partial charge in [-0.3, -0.25) is 5.32 Å². The van der Waals surface area contributed by atoms with Crippen LogP contribution in [-0.2, 0) is 16.1 Å². The van der Waals surface area contributed by atoms with Crippen LogP contribution in [0.1, 0.15) is 39.0 Å². The van der Waals surface area contributed by atoms with Gasteiger partial charge in [0.05, 0.1) is 13.7 Å². The first-order valence-electron chi connectivity index (χ1n) is 10.0. The van der Waals surface area contributed by atoms with Gasteiger partial charge in [0, 0.05) is 11.4 Å². The van der Waals surface area contributed by atoms with E-state index in [9.17, 15) is 9.59 Å². The Morgan fingerprint density at radius 2 is 2.03 bits per heavy atom. The number of likely N-dealkylation sites (tertiary alicyclic amines) is 1. The minimum Gasteiger partial charge on any atom is -0.497 e. The first kappa shape index (κ1) is 22.3. The second-order valence-corrected chi connectivity index (χ2v) is 8.71. The summed E-state index contributed by atoms with van der Waals surface area (Å²) in [7, 11) is 3.68. The van der Waals surface area contributed by atoms with Crippen molar-refractivity contribution in [3.05, 3.63) is 51.7 Å². The predicted octanol–water partition coefficient (Wildman–Crippen LogP) is 3.17. The third-order valence-corrected chi connectivity index (χ3v) is 6.39. The van der Waals surface area contributed by atoms with E-state index in [1.54, 1.807) is 19.2 Å². The number of rotatable bonds is 9. The number of benzene rings is 1. The lowest BCUT2D eigenvalue weighted by atomic mass is 9.98. The van der Waals surface area contributed by atoms with Gasteiger partial charge in [0.2, 0.25) is 0 Å². The van der Waals surface area contributed by atoms with Crippen molar-refractivity contribution in [3.63, 3.8) is 0 Å². The number of nitrogens with zero attached hydrogens (tertiary/aromatic N) is 1. The van der Waals surface area contributed by atoms with Crippen LogP contribution in [0, 0.1) is 5.92 Å². The molecule has 1 aromatic heterocycles. The molecule has 0 bridgehead atoms. The number of methoxy groups -OCH3 is 1. The van der Waals surface area contributed by atoms with Crippen LogP contribution in [-0.4, -0.2) is 55.8 Å². The molecule has 0 radical (unpaired) electrons. The molecule has 1 aliphatic heterocycles. The molecule has 1 saturated heterocycles. The van der Waals surface area contributed by atoms with Gasteiger partial charge in [0.1, 0.15) is 16.7 Å². The van der Waals surface area contributed by atoms with E-state index >= 15 is 0 Å². The Labute approximate surface area is 180 Å². The van der Waals surface area contributed by atoms with E-state index in [2.05, 4.69) is 17.3 Å². The van der Waals surface area contributed by atoms with E-state index in [0.717, 1.165) is 36.4 Å². The molecule has 2 aromatic rings. The molecule has 30 heavy (non-hydrogen) atoms. The fourth-order valence-electron chi connectivity index (χ4n) is 3.46. The molecule has 1 aromatic carbocycles. The molecule has 0 spiro atoms. The normalized spacial score (nSPS) is 16.2. The molecule has 1 aliphatic rings. The summed E-state index contributed by atoms with van der Waals surface area (Å²) in [4.78, 5) is 27.5. The molecule has 7 nitrogen and oxygen atoms in total. The van der Waals surface area contributed by atoms with E-state index in [1.807, 2.05) is 24.3 Å². The summed E-state index contributed by atoms with van der Waals surface area (Å²) in [6.45, 7) is 2.81. The molecule has 1 atom stereocenters. The number of piperidine rings is 1. The first-order valence-corrected chi connectivity index (χ1v) is 10.8. The van der Waals surface area contributed by atoms with Crippen LogP contribution in [0.5, 0.6) is 5.75 Å². The Hall–Kier alpha value is -2.42. The molecule has 2 N–H and O–H groups in total. The second-order valence-electron chi connectivity index (χ2n) is 7.54. The molecule has 0 saturated carbocycles. The van der Waals surface area contributed by atoms with Crippen LogP contribution < -0.4 is 10.1 Å². The zero-order valence-corrected chi connectivity index (χ0v) is 18.1. The predicted molar refractivity (Wildman–Crippen MR) is 115 cm³/mol. The Balaban J connectivity index is 1.67. The number of carboxylic acids is 1. The summed E-state index contributed by atoms with van der Waals surface area (Å²) in [5, 5.41) is 12.3. The second kappa shape index (κ2) is 10.6. The Morgan fingerprint density at radius 1 is 1.27 bits per heavy atom. The number of carboxylic acid groups (broad SMARTS) is 1. The number of carbonyl (C=O) groups is 2. The molecule has 3 rings (SSSR count). The maximum Gasteiger partial charge on any atom is 0.345 e. The van der Waals surface area contributed by atoms with Crippen LogP contribution in [0.15, 0.2) is 36.4 Å². The smallest absolute Gasteiger partial charge is 0.345 e. The molecule has 8 heteroatoms. The Morgan fingerprint density at radius 3 is 2.70 bits per heavy atom. The zero-order chi connectivity index (χ0) is 21.5. The van der Waals surface area contributed by atoms with Crippen molar-refractivity contribution in [2.24, 2.45) is 5.92 Å². The molecule has 1 fully saturated rings. The van der Waals surface area contributed by atoms with Gasteiger partial charge in [-0.1, -0.05) is 12.1 Å². The largest absolute Gasteiger partial charge is 0.497 e. The van der Waals surface area contributed by atoms with E-state index in [1.165, 1.54) is 11.3 Å². The van der Waals surface area contributed by atoms with Gasteiger partial charge in [0.25, 0.3) is 0 Å². The van der Waals surface area contributed by atoms with Crippen LogP contribution in [0.25, 0.3) is 0 Å². The van der Waals surface area contributed by atoms with Crippen LogP contribution in [0.2, 0.25) is 0 Å². The summed E-state index contributed by atoms with van der Waals surface area (Å²) >= 11 is 1.19. The summed E-state index contributed by atoms with van der Waals surface area (Å²) in [6, 6.07) is 9.99. The number of ether oxygens (including phenoxy) is 2. The highest BCUT2D eigenvalue weighted by Crippen LogP contribution is 2.24. The van der Waals surface area contributed by atoms with E-state index in [-0.39, 0.29) is 10.8 Å². The minimum atomic E-state index is -0.951. The topological polar surface area (TPSA) is 88.1 Å². The van der Waals surface area contributed by atoms with Crippen molar-refractivity contribution >= 4 is 23.3 Å². The fraction of sp³-hybridized carbons (Fsp3) is 0.455. The average molecular weight is 433 g/mol. The van der Waals surface area contributed by atoms with Gasteiger partial charge in [-0.2, -0.15) is 0 Å². The van der Waals surface area contributed by atoms with Gasteiger partial charge >= 0.3 is 11.9 Å². The van der Waals surface area contributed by atoms with Crippen molar-refractivity contribution in [1.29, 1.82) is 0 Å². The lowest BCUT2D eigenvalue weighted by Crippen LogP contribution is -2.34. The molecule has 2 heterocycles. The monoisotopic (exact) mass is 432 g/mol. The summed E-state index contributed by atoms with van der Waals surface area (Å²) in [5.74, 6) is -0.247. The highest BCUT2D eigenvalue weighted by molar-refractivity contribution is 7.13. The van der Waals surface area contributed by atoms with Crippen LogP contribution >= 0.6 is 11.3 Å². The number of carbonyl (C=O) groups excluding carboxylic acids is 1. The van der Waals surface area contributed by atoms with Crippen LogP contribution in [0.3, 0.4) is 0 Å². The highest BCUT2D eigenvalue weighted by atomic mass is 32.1. The maximum absolute atomic E-state index is 13.0. The molecular weight excluding hydrogens is 404 g/mol. The van der Waals surface area contributed by atoms with Crippen molar-refractivity contribution < 1.29 is 24.2 Å².